The molecule has 7 nitrogen and oxygen atoms in total. The standard InChI is InChI=1S/C19H17F3N4O3S/c1-10-2-4-16(29-10)12-6-13(23-8-15(12)27)14-7-24-26(18(28)25-14)9-11-3-5-17(30-11)19(20,21)22/h2-7,13,15,23,27H,8-9H2,1H3/t13?,15-/m0/s1. The van der Waals surface area contributed by atoms with Crippen molar-refractivity contribution in [1.29, 1.82) is 0 Å². The molecule has 0 saturated heterocycles. The maximum absolute atomic E-state index is 12.7. The number of thiophene rings is 1. The van der Waals surface area contributed by atoms with Gasteiger partial charge in [-0.25, -0.2) is 9.48 Å². The van der Waals surface area contributed by atoms with E-state index in [0.29, 0.717) is 39.0 Å². The number of nitrogens with zero attached hydrogens (tertiary/aromatic N) is 3. The molecule has 0 spiro atoms. The van der Waals surface area contributed by atoms with Crippen LogP contribution in [0.3, 0.4) is 0 Å². The summed E-state index contributed by atoms with van der Waals surface area (Å²) in [6.07, 6.45) is -2.09. The number of aromatic nitrogens is 3. The molecule has 0 saturated carbocycles. The molecule has 0 fully saturated rings. The van der Waals surface area contributed by atoms with E-state index in [1.165, 1.54) is 12.3 Å². The second kappa shape index (κ2) is 7.82. The quantitative estimate of drug-likeness (QED) is 0.651. The van der Waals surface area contributed by atoms with Gasteiger partial charge in [-0.3, -0.25) is 0 Å². The number of aliphatic hydroxyl groups is 1. The van der Waals surface area contributed by atoms with Gasteiger partial charge in [0.1, 0.15) is 16.4 Å². The predicted octanol–water partition coefficient (Wildman–Crippen LogP) is 2.76. The van der Waals surface area contributed by atoms with Crippen LogP contribution in [-0.2, 0) is 12.7 Å². The summed E-state index contributed by atoms with van der Waals surface area (Å²) in [6.45, 7) is 1.93. The van der Waals surface area contributed by atoms with Crippen LogP contribution in [0.5, 0.6) is 0 Å². The summed E-state index contributed by atoms with van der Waals surface area (Å²) >= 11 is 0.563. The maximum atomic E-state index is 12.7. The van der Waals surface area contributed by atoms with E-state index in [1.54, 1.807) is 25.1 Å². The van der Waals surface area contributed by atoms with Crippen molar-refractivity contribution >= 4 is 16.9 Å². The molecule has 30 heavy (non-hydrogen) atoms. The third-order valence-corrected chi connectivity index (χ3v) is 5.72. The second-order valence-corrected chi connectivity index (χ2v) is 7.99. The van der Waals surface area contributed by atoms with E-state index in [9.17, 15) is 23.1 Å². The Kier molecular flexibility index (Phi) is 5.35. The minimum Gasteiger partial charge on any atom is -0.462 e. The molecular weight excluding hydrogens is 421 g/mol. The maximum Gasteiger partial charge on any atom is 0.425 e. The first-order chi connectivity index (χ1) is 14.2. The number of aryl methyl sites for hydroxylation is 1. The normalized spacial score (nSPS) is 19.7. The zero-order valence-corrected chi connectivity index (χ0v) is 16.5. The van der Waals surface area contributed by atoms with Crippen molar-refractivity contribution in [3.63, 3.8) is 0 Å². The number of furan rings is 1. The van der Waals surface area contributed by atoms with Gasteiger partial charge in [-0.05, 0) is 31.2 Å². The van der Waals surface area contributed by atoms with Crippen molar-refractivity contribution < 1.29 is 22.7 Å². The molecule has 11 heteroatoms. The van der Waals surface area contributed by atoms with Gasteiger partial charge in [-0.15, -0.1) is 11.3 Å². The highest BCUT2D eigenvalue weighted by Crippen LogP contribution is 2.34. The second-order valence-electron chi connectivity index (χ2n) is 6.82. The SMILES string of the molecule is Cc1ccc(C2=CC(c3cnn(Cc4ccc(C(F)(F)F)s4)c(=O)n3)NC[C@@H]2O)o1. The van der Waals surface area contributed by atoms with E-state index in [4.69, 9.17) is 4.42 Å². The van der Waals surface area contributed by atoms with Crippen molar-refractivity contribution in [2.75, 3.05) is 6.54 Å². The molecule has 3 aromatic rings. The molecule has 4 rings (SSSR count). The highest BCUT2D eigenvalue weighted by molar-refractivity contribution is 7.12. The zero-order chi connectivity index (χ0) is 21.5. The molecule has 3 aromatic heterocycles. The molecule has 1 aliphatic rings. The van der Waals surface area contributed by atoms with E-state index < -0.39 is 28.9 Å². The predicted molar refractivity (Wildman–Crippen MR) is 103 cm³/mol. The van der Waals surface area contributed by atoms with Gasteiger partial charge in [-0.1, -0.05) is 6.08 Å². The number of aliphatic hydroxyl groups excluding tert-OH is 1. The number of hydrogen-bond acceptors (Lipinski definition) is 7. The van der Waals surface area contributed by atoms with Crippen molar-refractivity contribution in [2.24, 2.45) is 0 Å². The van der Waals surface area contributed by atoms with Gasteiger partial charge in [0.05, 0.1) is 30.6 Å². The fourth-order valence-electron chi connectivity index (χ4n) is 3.12. The third kappa shape index (κ3) is 4.23. The first-order valence-electron chi connectivity index (χ1n) is 9.00. The Bertz CT molecular complexity index is 1150. The smallest absolute Gasteiger partial charge is 0.425 e. The largest absolute Gasteiger partial charge is 0.462 e. The molecule has 2 atom stereocenters. The summed E-state index contributed by atoms with van der Waals surface area (Å²) in [7, 11) is 0. The van der Waals surface area contributed by atoms with E-state index in [-0.39, 0.29) is 13.1 Å². The van der Waals surface area contributed by atoms with E-state index in [2.05, 4.69) is 15.4 Å². The fourth-order valence-corrected chi connectivity index (χ4v) is 3.98. The van der Waals surface area contributed by atoms with Crippen LogP contribution in [0.15, 0.2) is 45.8 Å². The molecular formula is C19H17F3N4O3S. The van der Waals surface area contributed by atoms with Gasteiger partial charge in [-0.2, -0.15) is 23.3 Å². The molecule has 158 valence electrons. The lowest BCUT2D eigenvalue weighted by Crippen LogP contribution is -2.37. The minimum atomic E-state index is -4.42. The Morgan fingerprint density at radius 1 is 1.33 bits per heavy atom. The molecule has 0 aromatic carbocycles. The van der Waals surface area contributed by atoms with Crippen LogP contribution in [0.4, 0.5) is 13.2 Å². The molecule has 4 heterocycles. The average Bonchev–Trinajstić information content (AvgIpc) is 3.33. The van der Waals surface area contributed by atoms with Crippen LogP contribution in [0, 0.1) is 6.92 Å². The highest BCUT2D eigenvalue weighted by atomic mass is 32.1. The monoisotopic (exact) mass is 438 g/mol. The first kappa shape index (κ1) is 20.5. The Morgan fingerprint density at radius 3 is 2.77 bits per heavy atom. The lowest BCUT2D eigenvalue weighted by atomic mass is 9.98. The van der Waals surface area contributed by atoms with Gasteiger partial charge in [0, 0.05) is 17.0 Å². The van der Waals surface area contributed by atoms with Crippen LogP contribution in [0.2, 0.25) is 0 Å². The number of β-amino-alcohol motifs (C(OH)–C–C–N with tert-alkyl or cyclic N) is 1. The number of halogens is 3. The first-order valence-corrected chi connectivity index (χ1v) is 9.82. The molecule has 0 amide bonds. The van der Waals surface area contributed by atoms with E-state index in [0.717, 1.165) is 10.7 Å². The summed E-state index contributed by atoms with van der Waals surface area (Å²) in [5.74, 6) is 1.24. The van der Waals surface area contributed by atoms with Crippen LogP contribution >= 0.6 is 11.3 Å². The number of hydrogen-bond donors (Lipinski definition) is 2. The summed E-state index contributed by atoms with van der Waals surface area (Å²) in [5.41, 5.74) is 0.244. The lowest BCUT2D eigenvalue weighted by Gasteiger charge is -2.25. The molecule has 0 radical (unpaired) electrons. The van der Waals surface area contributed by atoms with Crippen LogP contribution in [0.25, 0.3) is 5.57 Å². The van der Waals surface area contributed by atoms with Crippen LogP contribution in [0.1, 0.15) is 33.0 Å². The van der Waals surface area contributed by atoms with E-state index in [1.807, 2.05) is 0 Å². The summed E-state index contributed by atoms with van der Waals surface area (Å²) in [6, 6.07) is 5.37. The number of nitrogens with one attached hydrogen (secondary N) is 1. The zero-order valence-electron chi connectivity index (χ0n) is 15.7. The van der Waals surface area contributed by atoms with Gasteiger partial charge < -0.3 is 14.8 Å². The van der Waals surface area contributed by atoms with Gasteiger partial charge in [0.2, 0.25) is 0 Å². The number of rotatable bonds is 4. The minimum absolute atomic E-state index is 0.101. The average molecular weight is 438 g/mol. The van der Waals surface area contributed by atoms with Crippen LogP contribution in [-0.4, -0.2) is 32.5 Å². The highest BCUT2D eigenvalue weighted by Gasteiger charge is 2.32. The van der Waals surface area contributed by atoms with Gasteiger partial charge >= 0.3 is 11.9 Å². The van der Waals surface area contributed by atoms with Crippen molar-refractivity contribution in [2.45, 2.75) is 31.8 Å². The lowest BCUT2D eigenvalue weighted by molar-refractivity contribution is -0.134. The van der Waals surface area contributed by atoms with Crippen molar-refractivity contribution in [3.8, 4) is 0 Å². The summed E-state index contributed by atoms with van der Waals surface area (Å²) in [5, 5.41) is 17.4. The number of alkyl halides is 3. The summed E-state index contributed by atoms with van der Waals surface area (Å²) < 4.78 is 44.8. The third-order valence-electron chi connectivity index (χ3n) is 4.60. The summed E-state index contributed by atoms with van der Waals surface area (Å²) in [4.78, 5) is 16.0. The Balaban J connectivity index is 1.56. The molecule has 2 N–H and O–H groups in total. The van der Waals surface area contributed by atoms with E-state index >= 15 is 0 Å². The topological polar surface area (TPSA) is 93.2 Å². The van der Waals surface area contributed by atoms with Gasteiger partial charge in [0.25, 0.3) is 0 Å². The molecule has 0 aliphatic carbocycles. The fraction of sp³-hybridized carbons (Fsp3) is 0.316. The molecule has 1 unspecified atom stereocenters. The Labute approximate surface area is 172 Å². The molecule has 1 aliphatic heterocycles. The van der Waals surface area contributed by atoms with Crippen molar-refractivity contribution in [1.82, 2.24) is 20.1 Å². The van der Waals surface area contributed by atoms with Crippen LogP contribution < -0.4 is 11.0 Å². The molecule has 0 bridgehead atoms. The Hall–Kier alpha value is -2.76. The Morgan fingerprint density at radius 2 is 2.13 bits per heavy atom. The van der Waals surface area contributed by atoms with Crippen molar-refractivity contribution in [3.05, 3.63) is 74.0 Å². The van der Waals surface area contributed by atoms with Gasteiger partial charge in [0.15, 0.2) is 0 Å².